The zero-order valence-electron chi connectivity index (χ0n) is 14.3. The van der Waals surface area contributed by atoms with Crippen molar-refractivity contribution in [3.8, 4) is 0 Å². The van der Waals surface area contributed by atoms with E-state index in [0.717, 1.165) is 10.0 Å². The molecule has 132 valence electrons. The minimum Gasteiger partial charge on any atom is -0.385 e. The molecule has 0 spiro atoms. The predicted molar refractivity (Wildman–Crippen MR) is 102 cm³/mol. The van der Waals surface area contributed by atoms with E-state index in [9.17, 15) is 14.7 Å². The Morgan fingerprint density at radius 2 is 1.54 bits per heavy atom. The standard InChI is InChI=1S/C21H18BrNO3/c1-13(2)21(26)11-20(12-21,14-7-9-15(22)10-8-14)23-18(24)16-5-3-4-6-17(16)19(23)25/h3-10,26H,1,11-12H2,2H3/t20-,21+. The van der Waals surface area contributed by atoms with Gasteiger partial charge in [-0.3, -0.25) is 14.5 Å². The molecule has 0 bridgehead atoms. The Hall–Kier alpha value is -2.24. The normalized spacial score (nSPS) is 27.3. The Morgan fingerprint density at radius 1 is 1.04 bits per heavy atom. The second-order valence-corrected chi connectivity index (χ2v) is 8.11. The van der Waals surface area contributed by atoms with Gasteiger partial charge in [0.15, 0.2) is 0 Å². The van der Waals surface area contributed by atoms with E-state index in [4.69, 9.17) is 0 Å². The van der Waals surface area contributed by atoms with Gasteiger partial charge in [-0.25, -0.2) is 0 Å². The van der Waals surface area contributed by atoms with E-state index in [1.54, 1.807) is 31.2 Å². The van der Waals surface area contributed by atoms with Crippen LogP contribution in [0.4, 0.5) is 0 Å². The van der Waals surface area contributed by atoms with Crippen LogP contribution in [0.5, 0.6) is 0 Å². The van der Waals surface area contributed by atoms with E-state index in [1.807, 2.05) is 24.3 Å². The van der Waals surface area contributed by atoms with Crippen molar-refractivity contribution in [1.82, 2.24) is 4.90 Å². The summed E-state index contributed by atoms with van der Waals surface area (Å²) in [6.07, 6.45) is 0.505. The Labute approximate surface area is 160 Å². The second-order valence-electron chi connectivity index (χ2n) is 7.20. The molecule has 1 N–H and O–H groups in total. The molecule has 0 aromatic heterocycles. The van der Waals surface area contributed by atoms with Gasteiger partial charge in [0.05, 0.1) is 22.3 Å². The molecule has 0 radical (unpaired) electrons. The first kappa shape index (κ1) is 17.2. The van der Waals surface area contributed by atoms with Crippen molar-refractivity contribution in [1.29, 1.82) is 0 Å². The van der Waals surface area contributed by atoms with Gasteiger partial charge in [-0.15, -0.1) is 0 Å². The highest BCUT2D eigenvalue weighted by molar-refractivity contribution is 9.10. The Kier molecular flexibility index (Phi) is 3.72. The van der Waals surface area contributed by atoms with Crippen molar-refractivity contribution in [2.24, 2.45) is 0 Å². The number of rotatable bonds is 3. The zero-order chi connectivity index (χ0) is 18.7. The van der Waals surface area contributed by atoms with Crippen molar-refractivity contribution in [3.63, 3.8) is 0 Å². The average Bonchev–Trinajstić information content (AvgIpc) is 2.84. The van der Waals surface area contributed by atoms with Crippen LogP contribution in [0.2, 0.25) is 0 Å². The lowest BCUT2D eigenvalue weighted by Crippen LogP contribution is -2.64. The van der Waals surface area contributed by atoms with Crippen LogP contribution in [0.1, 0.15) is 46.0 Å². The fraction of sp³-hybridized carbons (Fsp3) is 0.238. The molecule has 1 fully saturated rings. The summed E-state index contributed by atoms with van der Waals surface area (Å²) >= 11 is 3.42. The molecule has 1 heterocycles. The summed E-state index contributed by atoms with van der Waals surface area (Å²) in [4.78, 5) is 27.5. The number of halogens is 1. The molecule has 0 saturated heterocycles. The van der Waals surface area contributed by atoms with Crippen LogP contribution in [0.25, 0.3) is 0 Å². The second kappa shape index (κ2) is 5.63. The number of aliphatic hydroxyl groups is 1. The number of imide groups is 1. The minimum atomic E-state index is -1.08. The maximum absolute atomic E-state index is 13.1. The number of carbonyl (C=O) groups is 2. The molecule has 4 rings (SSSR count). The average molecular weight is 412 g/mol. The highest BCUT2D eigenvalue weighted by Crippen LogP contribution is 2.56. The summed E-state index contributed by atoms with van der Waals surface area (Å²) in [5.41, 5.74) is 0.353. The van der Waals surface area contributed by atoms with Gasteiger partial charge in [0.2, 0.25) is 0 Å². The van der Waals surface area contributed by atoms with E-state index in [1.165, 1.54) is 4.90 Å². The molecule has 1 saturated carbocycles. The van der Waals surface area contributed by atoms with Crippen molar-refractivity contribution < 1.29 is 14.7 Å². The van der Waals surface area contributed by atoms with E-state index in [0.29, 0.717) is 16.7 Å². The first-order valence-corrected chi connectivity index (χ1v) is 9.20. The van der Waals surface area contributed by atoms with E-state index in [2.05, 4.69) is 22.5 Å². The molecule has 2 aromatic carbocycles. The van der Waals surface area contributed by atoms with Crippen molar-refractivity contribution in [3.05, 3.63) is 81.8 Å². The third-order valence-corrected chi connectivity index (χ3v) is 6.10. The van der Waals surface area contributed by atoms with Crippen LogP contribution >= 0.6 is 15.9 Å². The lowest BCUT2D eigenvalue weighted by atomic mass is 9.58. The van der Waals surface area contributed by atoms with Gasteiger partial charge in [0.25, 0.3) is 11.8 Å². The maximum Gasteiger partial charge on any atom is 0.262 e. The van der Waals surface area contributed by atoms with Crippen LogP contribution < -0.4 is 0 Å². The van der Waals surface area contributed by atoms with Gasteiger partial charge < -0.3 is 5.11 Å². The number of fused-ring (bicyclic) bond motifs is 1. The summed E-state index contributed by atoms with van der Waals surface area (Å²) in [5, 5.41) is 10.8. The minimum absolute atomic E-state index is 0.252. The Bertz CT molecular complexity index is 907. The molecule has 1 aliphatic heterocycles. The number of nitrogens with zero attached hydrogens (tertiary/aromatic N) is 1. The van der Waals surface area contributed by atoms with E-state index >= 15 is 0 Å². The van der Waals surface area contributed by atoms with Gasteiger partial charge in [0, 0.05) is 17.3 Å². The largest absolute Gasteiger partial charge is 0.385 e. The molecule has 0 atom stereocenters. The van der Waals surface area contributed by atoms with E-state index in [-0.39, 0.29) is 24.7 Å². The number of amides is 2. The van der Waals surface area contributed by atoms with Crippen LogP contribution in [-0.2, 0) is 5.54 Å². The van der Waals surface area contributed by atoms with Crippen LogP contribution in [0, 0.1) is 0 Å². The molecule has 2 aromatic rings. The lowest BCUT2D eigenvalue weighted by molar-refractivity contribution is -0.106. The topological polar surface area (TPSA) is 57.6 Å². The van der Waals surface area contributed by atoms with Crippen LogP contribution in [-0.4, -0.2) is 27.4 Å². The van der Waals surface area contributed by atoms with E-state index < -0.39 is 11.1 Å². The molecule has 5 heteroatoms. The van der Waals surface area contributed by atoms with Gasteiger partial charge in [-0.1, -0.05) is 46.8 Å². The Morgan fingerprint density at radius 3 is 2.00 bits per heavy atom. The molecule has 26 heavy (non-hydrogen) atoms. The summed E-state index contributed by atoms with van der Waals surface area (Å²) in [6, 6.07) is 14.4. The fourth-order valence-electron chi connectivity index (χ4n) is 4.05. The third-order valence-electron chi connectivity index (χ3n) is 5.57. The highest BCUT2D eigenvalue weighted by Gasteiger charge is 2.62. The molecule has 2 aliphatic rings. The number of benzene rings is 2. The van der Waals surface area contributed by atoms with Crippen LogP contribution in [0.3, 0.4) is 0 Å². The van der Waals surface area contributed by atoms with Gasteiger partial charge in [-0.05, 0) is 42.3 Å². The van der Waals surface area contributed by atoms with Crippen LogP contribution in [0.15, 0.2) is 65.2 Å². The summed E-state index contributed by atoms with van der Waals surface area (Å²) in [5.74, 6) is -0.616. The Balaban J connectivity index is 1.84. The SMILES string of the molecule is C=C(C)[C@]1(O)C[C@@](c2ccc(Br)cc2)(N2C(=O)c3ccccc3C2=O)C1. The zero-order valence-corrected chi connectivity index (χ0v) is 15.9. The number of hydrogen-bond acceptors (Lipinski definition) is 3. The highest BCUT2D eigenvalue weighted by atomic mass is 79.9. The van der Waals surface area contributed by atoms with Gasteiger partial charge >= 0.3 is 0 Å². The van der Waals surface area contributed by atoms with Crippen molar-refractivity contribution in [2.45, 2.75) is 30.9 Å². The van der Waals surface area contributed by atoms with Crippen molar-refractivity contribution in [2.75, 3.05) is 0 Å². The smallest absolute Gasteiger partial charge is 0.262 e. The van der Waals surface area contributed by atoms with Gasteiger partial charge in [-0.2, -0.15) is 0 Å². The third kappa shape index (κ3) is 2.24. The van der Waals surface area contributed by atoms with Gasteiger partial charge in [0.1, 0.15) is 0 Å². The summed E-state index contributed by atoms with van der Waals surface area (Å²) in [7, 11) is 0. The predicted octanol–water partition coefficient (Wildman–Crippen LogP) is 4.04. The quantitative estimate of drug-likeness (QED) is 0.612. The number of hydrogen-bond donors (Lipinski definition) is 1. The maximum atomic E-state index is 13.1. The molecular weight excluding hydrogens is 394 g/mol. The number of carbonyl (C=O) groups excluding carboxylic acids is 2. The molecule has 0 unspecified atom stereocenters. The molecule has 1 aliphatic carbocycles. The monoisotopic (exact) mass is 411 g/mol. The molecular formula is C21H18BrNO3. The molecule has 2 amide bonds. The molecule has 4 nitrogen and oxygen atoms in total. The first-order valence-electron chi connectivity index (χ1n) is 8.41. The summed E-state index contributed by atoms with van der Waals surface area (Å²) < 4.78 is 0.910. The van der Waals surface area contributed by atoms with Crippen molar-refractivity contribution >= 4 is 27.7 Å². The fourth-order valence-corrected chi connectivity index (χ4v) is 4.31. The first-order chi connectivity index (χ1) is 12.3. The summed E-state index contributed by atoms with van der Waals surface area (Å²) in [6.45, 7) is 5.65. The lowest BCUT2D eigenvalue weighted by Gasteiger charge is -2.57.